The molecule has 2 heterocycles. The molecular weight excluding hydrogens is 532 g/mol. The zero-order valence-corrected chi connectivity index (χ0v) is 25.3. The Balaban J connectivity index is 1.10. The van der Waals surface area contributed by atoms with Gasteiger partial charge in [-0.15, -0.1) is 0 Å². The highest BCUT2D eigenvalue weighted by molar-refractivity contribution is 5.85. The van der Waals surface area contributed by atoms with Crippen molar-refractivity contribution in [2.45, 2.75) is 26.9 Å². The topological polar surface area (TPSA) is 114 Å². The summed E-state index contributed by atoms with van der Waals surface area (Å²) in [5.74, 6) is 0.642. The molecule has 42 heavy (non-hydrogen) atoms. The number of nitrogens with one attached hydrogen (secondary N) is 2. The molecule has 0 radical (unpaired) electrons. The van der Waals surface area contributed by atoms with E-state index in [1.165, 1.54) is 0 Å². The molecular formula is C32H48N6O4. The standard InChI is InChI=1S/C32H48N6O4/c1-25-17-27(31(39)29(19-25)23-37-9-13-41-14-10-37)21-35-7-5-33-3-4-34-6-8-36-22-28-18-26(2)20-30(32(28)40)24-38-11-15-42-16-12-38/h17-22,33-34,39-40H,3-16,23-24H2,1-2H3. The van der Waals surface area contributed by atoms with Crippen LogP contribution in [0.15, 0.2) is 34.3 Å². The van der Waals surface area contributed by atoms with Crippen LogP contribution in [0, 0.1) is 13.8 Å². The molecule has 0 aromatic heterocycles. The van der Waals surface area contributed by atoms with Gasteiger partial charge in [-0.2, -0.15) is 0 Å². The van der Waals surface area contributed by atoms with Gasteiger partial charge in [0.1, 0.15) is 11.5 Å². The van der Waals surface area contributed by atoms with Crippen LogP contribution in [0.4, 0.5) is 0 Å². The molecule has 10 heteroatoms. The van der Waals surface area contributed by atoms with Crippen molar-refractivity contribution < 1.29 is 19.7 Å². The van der Waals surface area contributed by atoms with Crippen LogP contribution in [0.2, 0.25) is 0 Å². The predicted octanol–water partition coefficient (Wildman–Crippen LogP) is 2.10. The molecule has 2 fully saturated rings. The molecule has 4 rings (SSSR count). The Morgan fingerprint density at radius 2 is 1.07 bits per heavy atom. The fourth-order valence-corrected chi connectivity index (χ4v) is 5.25. The largest absolute Gasteiger partial charge is 0.507 e. The van der Waals surface area contributed by atoms with Gasteiger partial charge in [0.2, 0.25) is 0 Å². The molecule has 2 saturated heterocycles. The van der Waals surface area contributed by atoms with Crippen LogP contribution in [0.5, 0.6) is 11.5 Å². The van der Waals surface area contributed by atoms with E-state index >= 15 is 0 Å². The summed E-state index contributed by atoms with van der Waals surface area (Å²) < 4.78 is 10.9. The number of nitrogens with zero attached hydrogens (tertiary/aromatic N) is 4. The molecule has 0 amide bonds. The van der Waals surface area contributed by atoms with Crippen molar-refractivity contribution in [2.75, 3.05) is 91.9 Å². The predicted molar refractivity (Wildman–Crippen MR) is 169 cm³/mol. The van der Waals surface area contributed by atoms with Crippen molar-refractivity contribution in [3.8, 4) is 11.5 Å². The Morgan fingerprint density at radius 1 is 0.667 bits per heavy atom. The molecule has 2 aliphatic rings. The first kappa shape index (κ1) is 32.1. The van der Waals surface area contributed by atoms with Crippen molar-refractivity contribution in [1.82, 2.24) is 20.4 Å². The number of aliphatic imine (C=N–C) groups is 2. The van der Waals surface area contributed by atoms with Gasteiger partial charge in [-0.1, -0.05) is 12.1 Å². The molecule has 0 bridgehead atoms. The van der Waals surface area contributed by atoms with E-state index in [4.69, 9.17) is 9.47 Å². The van der Waals surface area contributed by atoms with E-state index in [0.717, 1.165) is 125 Å². The summed E-state index contributed by atoms with van der Waals surface area (Å²) in [7, 11) is 0. The molecule has 0 spiro atoms. The van der Waals surface area contributed by atoms with Crippen LogP contribution < -0.4 is 10.6 Å². The van der Waals surface area contributed by atoms with Gasteiger partial charge in [0.15, 0.2) is 0 Å². The zero-order valence-electron chi connectivity index (χ0n) is 25.3. The lowest BCUT2D eigenvalue weighted by molar-refractivity contribution is 0.0338. The third-order valence-corrected chi connectivity index (χ3v) is 7.50. The summed E-state index contributed by atoms with van der Waals surface area (Å²) in [5, 5.41) is 28.3. The van der Waals surface area contributed by atoms with Crippen molar-refractivity contribution in [3.05, 3.63) is 57.6 Å². The van der Waals surface area contributed by atoms with Crippen LogP contribution in [0.1, 0.15) is 33.4 Å². The van der Waals surface area contributed by atoms with Gasteiger partial charge in [-0.25, -0.2) is 0 Å². The minimum Gasteiger partial charge on any atom is -0.507 e. The van der Waals surface area contributed by atoms with Gasteiger partial charge in [0.05, 0.1) is 39.5 Å². The van der Waals surface area contributed by atoms with Crippen LogP contribution in [0.25, 0.3) is 0 Å². The van der Waals surface area contributed by atoms with E-state index in [9.17, 15) is 10.2 Å². The lowest BCUT2D eigenvalue weighted by Crippen LogP contribution is -2.35. The molecule has 230 valence electrons. The third-order valence-electron chi connectivity index (χ3n) is 7.50. The van der Waals surface area contributed by atoms with Crippen molar-refractivity contribution in [2.24, 2.45) is 9.98 Å². The number of benzene rings is 2. The third kappa shape index (κ3) is 10.4. The smallest absolute Gasteiger partial charge is 0.128 e. The van der Waals surface area contributed by atoms with Gasteiger partial charge in [0, 0.05) is 100 Å². The molecule has 10 nitrogen and oxygen atoms in total. The monoisotopic (exact) mass is 580 g/mol. The molecule has 0 atom stereocenters. The quantitative estimate of drug-likeness (QED) is 0.187. The van der Waals surface area contributed by atoms with Crippen LogP contribution in [0.3, 0.4) is 0 Å². The van der Waals surface area contributed by atoms with Gasteiger partial charge in [0.25, 0.3) is 0 Å². The normalized spacial score (nSPS) is 17.1. The van der Waals surface area contributed by atoms with Gasteiger partial charge < -0.3 is 30.3 Å². The Bertz CT molecular complexity index is 1080. The van der Waals surface area contributed by atoms with Crippen LogP contribution in [-0.2, 0) is 22.6 Å². The Labute approximate surface area is 250 Å². The van der Waals surface area contributed by atoms with E-state index in [1.807, 2.05) is 12.1 Å². The summed E-state index contributed by atoms with van der Waals surface area (Å²) in [4.78, 5) is 13.7. The lowest BCUT2D eigenvalue weighted by atomic mass is 10.0. The molecule has 0 unspecified atom stereocenters. The molecule has 4 N–H and O–H groups in total. The molecule has 2 aromatic rings. The Morgan fingerprint density at radius 3 is 1.48 bits per heavy atom. The first-order valence-electron chi connectivity index (χ1n) is 15.2. The number of aryl methyl sites for hydroxylation is 2. The second-order valence-electron chi connectivity index (χ2n) is 11.1. The average molecular weight is 581 g/mol. The highest BCUT2D eigenvalue weighted by Crippen LogP contribution is 2.26. The summed E-state index contributed by atoms with van der Waals surface area (Å²) in [5.41, 5.74) is 5.67. The summed E-state index contributed by atoms with van der Waals surface area (Å²) in [6, 6.07) is 8.06. The average Bonchev–Trinajstić information content (AvgIpc) is 2.99. The maximum absolute atomic E-state index is 10.8. The number of aromatic hydroxyl groups is 2. The van der Waals surface area contributed by atoms with Gasteiger partial charge in [-0.05, 0) is 37.1 Å². The van der Waals surface area contributed by atoms with E-state index in [1.54, 1.807) is 12.4 Å². The highest BCUT2D eigenvalue weighted by atomic mass is 16.5. The molecule has 2 aliphatic heterocycles. The van der Waals surface area contributed by atoms with Crippen LogP contribution >= 0.6 is 0 Å². The molecule has 0 aliphatic carbocycles. The fraction of sp³-hybridized carbons (Fsp3) is 0.562. The number of phenolic OH excluding ortho intramolecular Hbond substituents is 2. The molecule has 2 aromatic carbocycles. The summed E-state index contributed by atoms with van der Waals surface area (Å²) >= 11 is 0. The van der Waals surface area contributed by atoms with Crippen molar-refractivity contribution in [1.29, 1.82) is 0 Å². The van der Waals surface area contributed by atoms with Gasteiger partial charge >= 0.3 is 0 Å². The minimum atomic E-state index is 0.321. The number of phenols is 2. The summed E-state index contributed by atoms with van der Waals surface area (Å²) in [6.07, 6.45) is 3.56. The SMILES string of the molecule is Cc1cc(C=NCCNCCNCCN=Cc2cc(C)cc(CN3CCOCC3)c2O)c(O)c(CN2CCOCC2)c1. The van der Waals surface area contributed by atoms with E-state index in [2.05, 4.69) is 56.4 Å². The van der Waals surface area contributed by atoms with E-state index in [-0.39, 0.29) is 0 Å². The van der Waals surface area contributed by atoms with Crippen LogP contribution in [-0.4, -0.2) is 124 Å². The maximum atomic E-state index is 10.8. The lowest BCUT2D eigenvalue weighted by Gasteiger charge is -2.27. The van der Waals surface area contributed by atoms with Crippen molar-refractivity contribution >= 4 is 12.4 Å². The van der Waals surface area contributed by atoms with E-state index in [0.29, 0.717) is 24.6 Å². The Hall–Kier alpha value is -2.86. The first-order chi connectivity index (χ1) is 20.5. The Kier molecular flexibility index (Phi) is 13.2. The second-order valence-corrected chi connectivity index (χ2v) is 11.1. The maximum Gasteiger partial charge on any atom is 0.128 e. The number of ether oxygens (including phenoxy) is 2. The van der Waals surface area contributed by atoms with Crippen molar-refractivity contribution in [3.63, 3.8) is 0 Å². The highest BCUT2D eigenvalue weighted by Gasteiger charge is 2.16. The fourth-order valence-electron chi connectivity index (χ4n) is 5.25. The van der Waals surface area contributed by atoms with Gasteiger partial charge in [-0.3, -0.25) is 19.8 Å². The number of morpholine rings is 2. The second kappa shape index (κ2) is 17.3. The number of rotatable bonds is 15. The number of hydrogen-bond donors (Lipinski definition) is 4. The molecule has 0 saturated carbocycles. The summed E-state index contributed by atoms with van der Waals surface area (Å²) in [6.45, 7) is 16.6. The zero-order chi connectivity index (χ0) is 29.6. The first-order valence-corrected chi connectivity index (χ1v) is 15.2. The minimum absolute atomic E-state index is 0.321. The van der Waals surface area contributed by atoms with E-state index < -0.39 is 0 Å². The number of hydrogen-bond acceptors (Lipinski definition) is 10.